The molecule has 0 saturated heterocycles. The van der Waals surface area contributed by atoms with Gasteiger partial charge in [-0.3, -0.25) is 4.79 Å². The van der Waals surface area contributed by atoms with E-state index in [4.69, 9.17) is 21.6 Å². The van der Waals surface area contributed by atoms with Gasteiger partial charge in [0.2, 0.25) is 5.91 Å². The molecule has 0 radical (unpaired) electrons. The molecule has 0 heterocycles. The minimum Gasteiger partial charge on any atom is -0.493 e. The predicted molar refractivity (Wildman–Crippen MR) is 74.2 cm³/mol. The van der Waals surface area contributed by atoms with E-state index in [1.165, 1.54) is 0 Å². The molecule has 0 aliphatic heterocycles. The van der Waals surface area contributed by atoms with Crippen LogP contribution in [-0.2, 0) is 11.2 Å². The molecule has 0 spiro atoms. The molecule has 0 aliphatic rings. The third-order valence-corrected chi connectivity index (χ3v) is 2.68. The first kappa shape index (κ1) is 15.3. The number of benzene rings is 1. The smallest absolute Gasteiger partial charge is 0.234 e. The van der Waals surface area contributed by atoms with Gasteiger partial charge >= 0.3 is 0 Å². The molecule has 1 amide bonds. The second-order valence-electron chi connectivity index (χ2n) is 4.04. The fourth-order valence-electron chi connectivity index (χ4n) is 1.57. The molecular weight excluding hydrogens is 264 g/mol. The number of hydrogen-bond donors (Lipinski definition) is 1. The van der Waals surface area contributed by atoms with Gasteiger partial charge in [0.15, 0.2) is 0 Å². The monoisotopic (exact) mass is 280 g/mol. The highest BCUT2D eigenvalue weighted by atomic mass is 35.5. The maximum Gasteiger partial charge on any atom is 0.234 e. The molecule has 0 aliphatic carbocycles. The molecule has 0 bridgehead atoms. The molecular formula is C14H17ClN2O2. The third kappa shape index (κ3) is 5.62. The number of nitriles is 1. The summed E-state index contributed by atoms with van der Waals surface area (Å²) in [4.78, 5) is 11.2. The van der Waals surface area contributed by atoms with E-state index in [2.05, 4.69) is 5.32 Å². The molecule has 0 aromatic heterocycles. The van der Waals surface area contributed by atoms with Crippen molar-refractivity contribution in [1.29, 1.82) is 5.26 Å². The van der Waals surface area contributed by atoms with Crippen molar-refractivity contribution < 1.29 is 9.53 Å². The van der Waals surface area contributed by atoms with Gasteiger partial charge in [-0.05, 0) is 36.6 Å². The summed E-state index contributed by atoms with van der Waals surface area (Å²) in [6, 6.07) is 7.26. The molecule has 0 saturated carbocycles. The summed E-state index contributed by atoms with van der Waals surface area (Å²) in [5.74, 6) is 0.529. The van der Waals surface area contributed by atoms with Crippen LogP contribution < -0.4 is 10.1 Å². The Balaban J connectivity index is 2.58. The Morgan fingerprint density at radius 1 is 1.53 bits per heavy atom. The molecule has 5 heteroatoms. The molecule has 1 N–H and O–H groups in total. The molecule has 0 atom stereocenters. The molecule has 1 aromatic rings. The Labute approximate surface area is 118 Å². The van der Waals surface area contributed by atoms with Crippen LogP contribution in [0.2, 0.25) is 5.02 Å². The van der Waals surface area contributed by atoms with Crippen molar-refractivity contribution in [1.82, 2.24) is 5.32 Å². The summed E-state index contributed by atoms with van der Waals surface area (Å²) in [5, 5.41) is 11.7. The van der Waals surface area contributed by atoms with Crippen LogP contribution in [0.5, 0.6) is 5.75 Å². The zero-order valence-electron chi connectivity index (χ0n) is 10.9. The maximum atomic E-state index is 11.2. The summed E-state index contributed by atoms with van der Waals surface area (Å²) in [6.07, 6.45) is 1.44. The van der Waals surface area contributed by atoms with E-state index in [0.717, 1.165) is 17.7 Å². The first-order chi connectivity index (χ1) is 9.17. The van der Waals surface area contributed by atoms with Crippen LogP contribution in [0.1, 0.15) is 25.3 Å². The fraction of sp³-hybridized carbons (Fsp3) is 0.429. The predicted octanol–water partition coefficient (Wildman–Crippen LogP) is 2.70. The Kier molecular flexibility index (Phi) is 6.76. The number of ether oxygens (including phenoxy) is 1. The van der Waals surface area contributed by atoms with E-state index in [9.17, 15) is 4.79 Å². The van der Waals surface area contributed by atoms with Gasteiger partial charge in [-0.25, -0.2) is 0 Å². The van der Waals surface area contributed by atoms with E-state index in [1.807, 2.05) is 19.1 Å². The van der Waals surface area contributed by atoms with Crippen molar-refractivity contribution in [3.05, 3.63) is 28.8 Å². The lowest BCUT2D eigenvalue weighted by Crippen LogP contribution is -2.25. The Hall–Kier alpha value is -1.73. The zero-order valence-corrected chi connectivity index (χ0v) is 11.7. The van der Waals surface area contributed by atoms with Crippen molar-refractivity contribution in [2.45, 2.75) is 26.2 Å². The van der Waals surface area contributed by atoms with Gasteiger partial charge in [0.05, 0.1) is 12.7 Å². The number of carbonyl (C=O) groups excluding carboxylic acids is 1. The lowest BCUT2D eigenvalue weighted by atomic mass is 10.1. The van der Waals surface area contributed by atoms with Crippen molar-refractivity contribution in [3.8, 4) is 11.8 Å². The second-order valence-corrected chi connectivity index (χ2v) is 4.47. The molecule has 4 nitrogen and oxygen atoms in total. The van der Waals surface area contributed by atoms with Crippen LogP contribution in [-0.4, -0.2) is 19.1 Å². The summed E-state index contributed by atoms with van der Waals surface area (Å²) in [6.45, 7) is 3.15. The quantitative estimate of drug-likeness (QED) is 0.835. The van der Waals surface area contributed by atoms with Crippen molar-refractivity contribution in [2.24, 2.45) is 0 Å². The largest absolute Gasteiger partial charge is 0.493 e. The highest BCUT2D eigenvalue weighted by Crippen LogP contribution is 2.23. The molecule has 1 aromatic carbocycles. The minimum absolute atomic E-state index is 0.116. The first-order valence-corrected chi connectivity index (χ1v) is 6.60. The number of nitrogens with one attached hydrogen (secondary N) is 1. The van der Waals surface area contributed by atoms with Crippen molar-refractivity contribution >= 4 is 17.5 Å². The summed E-state index contributed by atoms with van der Waals surface area (Å²) < 4.78 is 5.62. The van der Waals surface area contributed by atoms with Gasteiger partial charge in [0, 0.05) is 11.6 Å². The van der Waals surface area contributed by atoms with E-state index in [1.54, 1.807) is 12.1 Å². The van der Waals surface area contributed by atoms with E-state index in [0.29, 0.717) is 24.6 Å². The standard InChI is InChI=1S/C14H17ClN2O2/c1-2-9-19-13-4-3-12(15)10-11(13)6-8-17-14(18)5-7-16/h3-4,10H,2,5-6,8-9H2,1H3,(H,17,18). The summed E-state index contributed by atoms with van der Waals surface area (Å²) >= 11 is 5.96. The van der Waals surface area contributed by atoms with E-state index in [-0.39, 0.29) is 12.3 Å². The van der Waals surface area contributed by atoms with E-state index >= 15 is 0 Å². The Morgan fingerprint density at radius 2 is 2.32 bits per heavy atom. The number of rotatable bonds is 7. The van der Waals surface area contributed by atoms with Crippen LogP contribution in [0.15, 0.2) is 18.2 Å². The molecule has 0 fully saturated rings. The van der Waals surface area contributed by atoms with Gasteiger partial charge in [-0.2, -0.15) is 5.26 Å². The third-order valence-electron chi connectivity index (χ3n) is 2.44. The average molecular weight is 281 g/mol. The van der Waals surface area contributed by atoms with Crippen molar-refractivity contribution in [2.75, 3.05) is 13.2 Å². The van der Waals surface area contributed by atoms with Crippen molar-refractivity contribution in [3.63, 3.8) is 0 Å². The average Bonchev–Trinajstić information content (AvgIpc) is 2.38. The highest BCUT2D eigenvalue weighted by Gasteiger charge is 2.06. The number of hydrogen-bond acceptors (Lipinski definition) is 3. The topological polar surface area (TPSA) is 62.1 Å². The fourth-order valence-corrected chi connectivity index (χ4v) is 1.76. The number of halogens is 1. The molecule has 19 heavy (non-hydrogen) atoms. The Bertz CT molecular complexity index is 469. The highest BCUT2D eigenvalue weighted by molar-refractivity contribution is 6.30. The van der Waals surface area contributed by atoms with Gasteiger partial charge in [0.25, 0.3) is 0 Å². The number of carbonyl (C=O) groups is 1. The van der Waals surface area contributed by atoms with Gasteiger partial charge in [-0.15, -0.1) is 0 Å². The van der Waals surface area contributed by atoms with Crippen LogP contribution in [0.3, 0.4) is 0 Å². The Morgan fingerprint density at radius 3 is 3.00 bits per heavy atom. The maximum absolute atomic E-state index is 11.2. The molecule has 1 rings (SSSR count). The second kappa shape index (κ2) is 8.39. The zero-order chi connectivity index (χ0) is 14.1. The normalized spacial score (nSPS) is 9.74. The summed E-state index contributed by atoms with van der Waals surface area (Å²) in [7, 11) is 0. The molecule has 102 valence electrons. The number of amides is 1. The van der Waals surface area contributed by atoms with Gasteiger partial charge in [-0.1, -0.05) is 18.5 Å². The first-order valence-electron chi connectivity index (χ1n) is 6.22. The van der Waals surface area contributed by atoms with Gasteiger partial charge in [0.1, 0.15) is 12.2 Å². The van der Waals surface area contributed by atoms with Crippen LogP contribution in [0.25, 0.3) is 0 Å². The van der Waals surface area contributed by atoms with Crippen LogP contribution in [0.4, 0.5) is 0 Å². The van der Waals surface area contributed by atoms with E-state index < -0.39 is 0 Å². The lowest BCUT2D eigenvalue weighted by Gasteiger charge is -2.11. The minimum atomic E-state index is -0.263. The number of nitrogens with zero attached hydrogens (tertiary/aromatic N) is 1. The molecule has 0 unspecified atom stereocenters. The lowest BCUT2D eigenvalue weighted by molar-refractivity contribution is -0.120. The SMILES string of the molecule is CCCOc1ccc(Cl)cc1CCNC(=O)CC#N. The van der Waals surface area contributed by atoms with Crippen LogP contribution in [0, 0.1) is 11.3 Å². The summed E-state index contributed by atoms with van der Waals surface area (Å²) in [5.41, 5.74) is 0.957. The van der Waals surface area contributed by atoms with Crippen LogP contribution >= 0.6 is 11.6 Å². The van der Waals surface area contributed by atoms with Gasteiger partial charge < -0.3 is 10.1 Å².